The molecule has 0 saturated carbocycles. The molecule has 0 radical (unpaired) electrons. The van der Waals surface area contributed by atoms with Gasteiger partial charge in [0.15, 0.2) is 11.6 Å². The van der Waals surface area contributed by atoms with Crippen LogP contribution >= 0.6 is 0 Å². The van der Waals surface area contributed by atoms with E-state index < -0.39 is 58.9 Å². The predicted octanol–water partition coefficient (Wildman–Crippen LogP) is 3.03. The third kappa shape index (κ3) is 4.92. The maximum absolute atomic E-state index is 14.6. The molecule has 1 aliphatic rings. The van der Waals surface area contributed by atoms with E-state index in [1.165, 1.54) is 12.4 Å². The van der Waals surface area contributed by atoms with Gasteiger partial charge in [0, 0.05) is 31.3 Å². The average Bonchev–Trinajstić information content (AvgIpc) is 2.83. The average molecular weight is 498 g/mol. The van der Waals surface area contributed by atoms with Crippen LogP contribution in [-0.2, 0) is 11.2 Å². The molecule has 0 amide bonds. The molecule has 8 nitrogen and oxygen atoms in total. The second-order valence-electron chi connectivity index (χ2n) is 8.35. The molecule has 4 atom stereocenters. The van der Waals surface area contributed by atoms with Crippen LogP contribution in [0.25, 0.3) is 11.3 Å². The van der Waals surface area contributed by atoms with Gasteiger partial charge in [-0.15, -0.1) is 0 Å². The number of aromatic nitrogens is 2. The number of nitrogens with zero attached hydrogens (tertiary/aromatic N) is 3. The van der Waals surface area contributed by atoms with Gasteiger partial charge in [-0.3, -0.25) is 9.78 Å². The minimum absolute atomic E-state index is 0.00193. The van der Waals surface area contributed by atoms with Crippen LogP contribution in [0.4, 0.5) is 18.9 Å². The van der Waals surface area contributed by atoms with Crippen molar-refractivity contribution < 1.29 is 32.9 Å². The van der Waals surface area contributed by atoms with Crippen molar-refractivity contribution in [2.75, 3.05) is 5.73 Å². The summed E-state index contributed by atoms with van der Waals surface area (Å²) in [5.74, 6) is -3.88. The van der Waals surface area contributed by atoms with Crippen molar-refractivity contribution >= 4 is 11.5 Å². The molecule has 1 aliphatic heterocycles. The van der Waals surface area contributed by atoms with E-state index in [0.717, 1.165) is 24.3 Å². The van der Waals surface area contributed by atoms with Gasteiger partial charge < -0.3 is 20.7 Å². The molecule has 0 unspecified atom stereocenters. The van der Waals surface area contributed by atoms with E-state index in [4.69, 9.17) is 15.7 Å². The first kappa shape index (κ1) is 25.2. The van der Waals surface area contributed by atoms with Gasteiger partial charge in [-0.05, 0) is 29.3 Å². The lowest BCUT2D eigenvalue weighted by Gasteiger charge is -2.37. The van der Waals surface area contributed by atoms with E-state index in [1.54, 1.807) is 6.07 Å². The molecular weight excluding hydrogens is 477 g/mol. The molecule has 1 aromatic carbocycles. The number of pyridine rings is 2. The van der Waals surface area contributed by atoms with Gasteiger partial charge in [-0.2, -0.15) is 5.26 Å². The highest BCUT2D eigenvalue weighted by Gasteiger charge is 2.38. The Morgan fingerprint density at radius 2 is 1.92 bits per heavy atom. The zero-order valence-electron chi connectivity index (χ0n) is 18.7. The van der Waals surface area contributed by atoms with E-state index in [-0.39, 0.29) is 30.6 Å². The molecule has 1 saturated heterocycles. The van der Waals surface area contributed by atoms with Gasteiger partial charge in [0.05, 0.1) is 42.1 Å². The number of aliphatic hydroxyl groups excluding tert-OH is 2. The second kappa shape index (κ2) is 10.4. The Labute approximate surface area is 203 Å². The molecular formula is C25H21F3N4O4. The lowest BCUT2D eigenvalue weighted by atomic mass is 9.90. The van der Waals surface area contributed by atoms with Gasteiger partial charge in [0.1, 0.15) is 29.1 Å². The minimum atomic E-state index is -1.24. The Morgan fingerprint density at radius 1 is 1.19 bits per heavy atom. The molecule has 0 spiro atoms. The smallest absolute Gasteiger partial charge is 0.187 e. The number of ketones is 1. The molecule has 1 fully saturated rings. The van der Waals surface area contributed by atoms with Crippen molar-refractivity contribution in [3.63, 3.8) is 0 Å². The van der Waals surface area contributed by atoms with Crippen LogP contribution in [0.3, 0.4) is 0 Å². The van der Waals surface area contributed by atoms with Crippen LogP contribution < -0.4 is 5.73 Å². The van der Waals surface area contributed by atoms with E-state index in [0.29, 0.717) is 11.1 Å². The monoisotopic (exact) mass is 498 g/mol. The Bertz CT molecular complexity index is 1330. The Hall–Kier alpha value is -3.85. The van der Waals surface area contributed by atoms with Gasteiger partial charge in [-0.1, -0.05) is 6.07 Å². The first-order valence-corrected chi connectivity index (χ1v) is 11.0. The number of rotatable bonds is 6. The summed E-state index contributed by atoms with van der Waals surface area (Å²) in [5, 5.41) is 29.4. The van der Waals surface area contributed by atoms with Crippen molar-refractivity contribution in [3.8, 4) is 17.3 Å². The normalized spacial score (nSPS) is 21.7. The number of carbonyl (C=O) groups excluding carboxylic acids is 1. The summed E-state index contributed by atoms with van der Waals surface area (Å²) in [6, 6.07) is 7.24. The van der Waals surface area contributed by atoms with Crippen molar-refractivity contribution in [1.29, 1.82) is 5.26 Å². The fourth-order valence-corrected chi connectivity index (χ4v) is 4.19. The lowest BCUT2D eigenvalue weighted by Crippen LogP contribution is -2.45. The van der Waals surface area contributed by atoms with Crippen LogP contribution in [0.15, 0.2) is 42.7 Å². The third-order valence-electron chi connectivity index (χ3n) is 5.97. The number of hydrogen-bond donors (Lipinski definition) is 3. The number of aliphatic hydroxyl groups is 2. The molecule has 3 aromatic rings. The minimum Gasteiger partial charge on any atom is -0.397 e. The fraction of sp³-hybridized carbons (Fsp3) is 0.280. The summed E-state index contributed by atoms with van der Waals surface area (Å²) < 4.78 is 48.9. The first-order valence-electron chi connectivity index (χ1n) is 11.0. The molecule has 36 heavy (non-hydrogen) atoms. The third-order valence-corrected chi connectivity index (χ3v) is 5.97. The Balaban J connectivity index is 1.66. The summed E-state index contributed by atoms with van der Waals surface area (Å²) in [6.07, 6.45) is -1.73. The number of nitriles is 1. The first-order chi connectivity index (χ1) is 17.2. The zero-order valence-corrected chi connectivity index (χ0v) is 18.7. The number of nitrogens with two attached hydrogens (primary N) is 1. The number of nitrogen functional groups attached to an aromatic ring is 1. The van der Waals surface area contributed by atoms with Crippen LogP contribution in [0, 0.1) is 28.8 Å². The highest BCUT2D eigenvalue weighted by Crippen LogP contribution is 2.35. The van der Waals surface area contributed by atoms with E-state index in [1.807, 2.05) is 6.07 Å². The second-order valence-corrected chi connectivity index (χ2v) is 8.35. The summed E-state index contributed by atoms with van der Waals surface area (Å²) in [7, 11) is 0. The number of Topliss-reactive ketones (excluding diaryl/α,β-unsaturated/α-hetero) is 1. The van der Waals surface area contributed by atoms with Crippen molar-refractivity contribution in [2.45, 2.75) is 43.7 Å². The summed E-state index contributed by atoms with van der Waals surface area (Å²) >= 11 is 0. The number of ether oxygens (including phenoxy) is 1. The Kier molecular flexibility index (Phi) is 7.30. The molecule has 2 aromatic heterocycles. The van der Waals surface area contributed by atoms with Gasteiger partial charge >= 0.3 is 0 Å². The number of halogens is 3. The van der Waals surface area contributed by atoms with Crippen molar-refractivity contribution in [1.82, 2.24) is 9.97 Å². The number of anilines is 1. The maximum atomic E-state index is 14.6. The van der Waals surface area contributed by atoms with Gasteiger partial charge in [-0.25, -0.2) is 18.2 Å². The highest BCUT2D eigenvalue weighted by molar-refractivity contribution is 6.00. The van der Waals surface area contributed by atoms with Crippen molar-refractivity contribution in [3.05, 3.63) is 77.0 Å². The predicted molar refractivity (Wildman–Crippen MR) is 121 cm³/mol. The standard InChI is InChI=1S/C25H21F3N4O4/c26-14-2-1-3-15(27)22(14)23-16(28)9-17(30)24(32-23)18(33)8-12-11-31-7-5-13(12)21-10-19(34)25(35)20(36-21)4-6-29/h1-3,5,7,9,11,19-21,25,34-35H,4,8,10,30H2/t19-,20-,21-,25+/m1/s1. The molecule has 0 aliphatic carbocycles. The van der Waals surface area contributed by atoms with Crippen LogP contribution in [0.1, 0.15) is 40.6 Å². The lowest BCUT2D eigenvalue weighted by molar-refractivity contribution is -0.168. The molecule has 11 heteroatoms. The molecule has 3 heterocycles. The van der Waals surface area contributed by atoms with E-state index >= 15 is 0 Å². The van der Waals surface area contributed by atoms with Crippen LogP contribution in [-0.4, -0.2) is 44.3 Å². The van der Waals surface area contributed by atoms with E-state index in [9.17, 15) is 28.2 Å². The number of hydrogen-bond acceptors (Lipinski definition) is 8. The topological polar surface area (TPSA) is 142 Å². The Morgan fingerprint density at radius 3 is 2.61 bits per heavy atom. The summed E-state index contributed by atoms with van der Waals surface area (Å²) in [4.78, 5) is 21.1. The van der Waals surface area contributed by atoms with Crippen molar-refractivity contribution in [2.24, 2.45) is 0 Å². The molecule has 0 bridgehead atoms. The number of benzene rings is 1. The van der Waals surface area contributed by atoms with Gasteiger partial charge in [0.25, 0.3) is 0 Å². The molecule has 186 valence electrons. The molecule has 4 rings (SSSR count). The summed E-state index contributed by atoms with van der Waals surface area (Å²) in [6.45, 7) is 0. The number of carbonyl (C=O) groups is 1. The van der Waals surface area contributed by atoms with Crippen LogP contribution in [0.2, 0.25) is 0 Å². The molecule has 4 N–H and O–H groups in total. The largest absolute Gasteiger partial charge is 0.397 e. The zero-order chi connectivity index (χ0) is 26.0. The SMILES string of the molecule is N#CC[C@H]1O[C@@H](c2ccncc2CC(=O)c2nc(-c3c(F)cccc3F)c(F)cc2N)C[C@@H](O)[C@@H]1O. The quantitative estimate of drug-likeness (QED) is 0.440. The van der Waals surface area contributed by atoms with E-state index in [2.05, 4.69) is 9.97 Å². The van der Waals surface area contributed by atoms with Gasteiger partial charge in [0.2, 0.25) is 0 Å². The highest BCUT2D eigenvalue weighted by atomic mass is 19.1. The summed E-state index contributed by atoms with van der Waals surface area (Å²) in [5.41, 5.74) is 4.56. The maximum Gasteiger partial charge on any atom is 0.187 e. The van der Waals surface area contributed by atoms with Crippen LogP contribution in [0.5, 0.6) is 0 Å². The fourth-order valence-electron chi connectivity index (χ4n) is 4.19.